The van der Waals surface area contributed by atoms with E-state index in [0.29, 0.717) is 12.1 Å². The second-order valence-electron chi connectivity index (χ2n) is 4.95. The zero-order chi connectivity index (χ0) is 10.6. The average Bonchev–Trinajstić information content (AvgIpc) is 2.17. The average molecular weight is 196 g/mol. The molecule has 2 nitrogen and oxygen atoms in total. The first kappa shape index (κ1) is 12.1. The van der Waals surface area contributed by atoms with Crippen LogP contribution >= 0.6 is 0 Å². The lowest BCUT2D eigenvalue weighted by Crippen LogP contribution is -2.49. The standard InChI is InChI=1S/C11H25BN2/c1-5-12-11-9(3)13-6-8(2)7-14-10(11)4/h8-14H,5-7H2,1-4H3/t8-,9-,10+,11?. The molecule has 0 aliphatic carbocycles. The van der Waals surface area contributed by atoms with Crippen molar-refractivity contribution in [2.75, 3.05) is 13.1 Å². The van der Waals surface area contributed by atoms with Gasteiger partial charge in [0.2, 0.25) is 0 Å². The number of nitrogens with one attached hydrogen (secondary N) is 2. The minimum atomic E-state index is 0.653. The molecule has 1 aliphatic rings. The zero-order valence-corrected chi connectivity index (χ0v) is 10.1. The Morgan fingerprint density at radius 2 is 1.57 bits per heavy atom. The topological polar surface area (TPSA) is 24.1 Å². The Labute approximate surface area is 89.5 Å². The molecule has 82 valence electrons. The van der Waals surface area contributed by atoms with E-state index in [2.05, 4.69) is 38.3 Å². The van der Waals surface area contributed by atoms with Crippen molar-refractivity contribution in [3.63, 3.8) is 0 Å². The van der Waals surface area contributed by atoms with Crippen LogP contribution in [0.2, 0.25) is 12.1 Å². The van der Waals surface area contributed by atoms with Gasteiger partial charge >= 0.3 is 0 Å². The third-order valence-electron chi connectivity index (χ3n) is 3.48. The van der Waals surface area contributed by atoms with E-state index in [1.54, 1.807) is 0 Å². The summed E-state index contributed by atoms with van der Waals surface area (Å²) >= 11 is 0. The maximum absolute atomic E-state index is 3.66. The summed E-state index contributed by atoms with van der Waals surface area (Å²) in [6.07, 6.45) is 1.29. The van der Waals surface area contributed by atoms with Gasteiger partial charge in [0.25, 0.3) is 0 Å². The van der Waals surface area contributed by atoms with Gasteiger partial charge in [0.15, 0.2) is 0 Å². The van der Waals surface area contributed by atoms with E-state index in [0.717, 1.165) is 24.8 Å². The van der Waals surface area contributed by atoms with Crippen LogP contribution in [-0.2, 0) is 0 Å². The third kappa shape index (κ3) is 3.28. The molecule has 1 saturated heterocycles. The van der Waals surface area contributed by atoms with Crippen LogP contribution in [0.3, 0.4) is 0 Å². The molecule has 0 saturated carbocycles. The highest BCUT2D eigenvalue weighted by atomic mass is 15.0. The van der Waals surface area contributed by atoms with E-state index < -0.39 is 0 Å². The Morgan fingerprint density at radius 3 is 2.00 bits per heavy atom. The second kappa shape index (κ2) is 5.77. The van der Waals surface area contributed by atoms with E-state index >= 15 is 0 Å². The Bertz CT molecular complexity index is 149. The van der Waals surface area contributed by atoms with Crippen molar-refractivity contribution < 1.29 is 0 Å². The van der Waals surface area contributed by atoms with Crippen molar-refractivity contribution in [1.29, 1.82) is 0 Å². The van der Waals surface area contributed by atoms with E-state index in [1.807, 2.05) is 0 Å². The highest BCUT2D eigenvalue weighted by molar-refractivity contribution is 6.38. The second-order valence-corrected chi connectivity index (χ2v) is 4.95. The summed E-state index contributed by atoms with van der Waals surface area (Å²) in [5.41, 5.74) is 0. The molecule has 1 heterocycles. The SMILES string of the molecule is CCBC1[C@H](C)NC[C@H](C)CN[C@@H]1C. The number of rotatable bonds is 2. The van der Waals surface area contributed by atoms with E-state index in [-0.39, 0.29) is 0 Å². The lowest BCUT2D eigenvalue weighted by molar-refractivity contribution is 0.338. The minimum Gasteiger partial charge on any atom is -0.314 e. The third-order valence-corrected chi connectivity index (χ3v) is 3.48. The summed E-state index contributed by atoms with van der Waals surface area (Å²) in [5.74, 6) is 1.54. The van der Waals surface area contributed by atoms with Gasteiger partial charge < -0.3 is 10.6 Å². The van der Waals surface area contributed by atoms with Crippen LogP contribution < -0.4 is 10.6 Å². The molecule has 1 rings (SSSR count). The fourth-order valence-corrected chi connectivity index (χ4v) is 2.42. The summed E-state index contributed by atoms with van der Waals surface area (Å²) in [5, 5.41) is 7.32. The molecule has 0 aromatic heterocycles. The molecule has 0 aromatic carbocycles. The molecule has 0 radical (unpaired) electrons. The van der Waals surface area contributed by atoms with Crippen LogP contribution in [0.4, 0.5) is 0 Å². The van der Waals surface area contributed by atoms with Crippen LogP contribution in [0, 0.1) is 5.92 Å². The van der Waals surface area contributed by atoms with E-state index in [4.69, 9.17) is 0 Å². The van der Waals surface area contributed by atoms with Crippen LogP contribution in [-0.4, -0.2) is 32.5 Å². The smallest absolute Gasteiger partial charge is 0.127 e. The molecule has 0 amide bonds. The van der Waals surface area contributed by atoms with Crippen LogP contribution in [0.5, 0.6) is 0 Å². The summed E-state index contributed by atoms with van der Waals surface area (Å²) in [6, 6.07) is 1.31. The summed E-state index contributed by atoms with van der Waals surface area (Å²) in [4.78, 5) is 0. The molecular weight excluding hydrogens is 171 g/mol. The predicted octanol–water partition coefficient (Wildman–Crippen LogP) is 1.26. The zero-order valence-electron chi connectivity index (χ0n) is 10.1. The number of hydrogen-bond donors (Lipinski definition) is 2. The molecule has 3 heteroatoms. The largest absolute Gasteiger partial charge is 0.314 e. The first-order valence-corrected chi connectivity index (χ1v) is 6.12. The van der Waals surface area contributed by atoms with Crippen molar-refractivity contribution in [1.82, 2.24) is 10.6 Å². The minimum absolute atomic E-state index is 0.653. The van der Waals surface area contributed by atoms with Gasteiger partial charge in [-0.1, -0.05) is 34.0 Å². The summed E-state index contributed by atoms with van der Waals surface area (Å²) < 4.78 is 0. The van der Waals surface area contributed by atoms with Crippen LogP contribution in [0.15, 0.2) is 0 Å². The molecule has 14 heavy (non-hydrogen) atoms. The van der Waals surface area contributed by atoms with Gasteiger partial charge in [-0.2, -0.15) is 0 Å². The van der Waals surface area contributed by atoms with Gasteiger partial charge in [0.1, 0.15) is 7.28 Å². The van der Waals surface area contributed by atoms with Crippen molar-refractivity contribution >= 4 is 7.28 Å². The van der Waals surface area contributed by atoms with Gasteiger partial charge in [-0.05, 0) is 24.8 Å². The molecule has 0 aromatic rings. The van der Waals surface area contributed by atoms with Crippen molar-refractivity contribution in [3.05, 3.63) is 0 Å². The van der Waals surface area contributed by atoms with Crippen LogP contribution in [0.1, 0.15) is 27.7 Å². The fourth-order valence-electron chi connectivity index (χ4n) is 2.42. The predicted molar refractivity (Wildman–Crippen MR) is 65.5 cm³/mol. The first-order chi connectivity index (χ1) is 6.65. The quantitative estimate of drug-likeness (QED) is 0.649. The maximum Gasteiger partial charge on any atom is 0.127 e. The first-order valence-electron chi connectivity index (χ1n) is 6.12. The van der Waals surface area contributed by atoms with Crippen molar-refractivity contribution in [3.8, 4) is 0 Å². The van der Waals surface area contributed by atoms with E-state index in [1.165, 1.54) is 13.6 Å². The highest BCUT2D eigenvalue weighted by Crippen LogP contribution is 2.18. The lowest BCUT2D eigenvalue weighted by Gasteiger charge is -2.35. The van der Waals surface area contributed by atoms with Gasteiger partial charge in [0.05, 0.1) is 0 Å². The Hall–Kier alpha value is -0.0151. The van der Waals surface area contributed by atoms with Crippen LogP contribution in [0.25, 0.3) is 0 Å². The molecule has 0 spiro atoms. The molecule has 4 atom stereocenters. The molecule has 1 fully saturated rings. The van der Waals surface area contributed by atoms with E-state index in [9.17, 15) is 0 Å². The van der Waals surface area contributed by atoms with Gasteiger partial charge in [-0.3, -0.25) is 0 Å². The van der Waals surface area contributed by atoms with Gasteiger partial charge in [0, 0.05) is 12.1 Å². The molecule has 2 N–H and O–H groups in total. The Morgan fingerprint density at radius 1 is 1.07 bits per heavy atom. The van der Waals surface area contributed by atoms with Gasteiger partial charge in [-0.25, -0.2) is 0 Å². The molecule has 1 aliphatic heterocycles. The van der Waals surface area contributed by atoms with Crippen molar-refractivity contribution in [2.45, 2.75) is 51.9 Å². The Kier molecular flexibility index (Phi) is 4.97. The Balaban J connectivity index is 2.53. The normalized spacial score (nSPS) is 40.0. The summed E-state index contributed by atoms with van der Waals surface area (Å²) in [7, 11) is 1.33. The summed E-state index contributed by atoms with van der Waals surface area (Å²) in [6.45, 7) is 11.6. The maximum atomic E-state index is 3.66. The fraction of sp³-hybridized carbons (Fsp3) is 1.00. The molecule has 0 bridgehead atoms. The number of hydrogen-bond acceptors (Lipinski definition) is 2. The van der Waals surface area contributed by atoms with Gasteiger partial charge in [-0.15, -0.1) is 0 Å². The molecule has 1 unspecified atom stereocenters. The molecular formula is C11H25BN2. The highest BCUT2D eigenvalue weighted by Gasteiger charge is 2.25. The van der Waals surface area contributed by atoms with Crippen molar-refractivity contribution in [2.24, 2.45) is 5.92 Å². The monoisotopic (exact) mass is 196 g/mol. The lowest BCUT2D eigenvalue weighted by atomic mass is 9.56.